The van der Waals surface area contributed by atoms with E-state index in [1.807, 2.05) is 0 Å². The van der Waals surface area contributed by atoms with Gasteiger partial charge in [-0.1, -0.05) is 0 Å². The number of nitrogens with one attached hydrogen (secondary N) is 1. The van der Waals surface area contributed by atoms with Crippen molar-refractivity contribution in [2.24, 2.45) is 0 Å². The molecule has 2 rings (SSSR count). The molecular formula is C11H20N2O2. The minimum Gasteiger partial charge on any atom is -0.378 e. The highest BCUT2D eigenvalue weighted by atomic mass is 16.5. The Labute approximate surface area is 91.0 Å². The fourth-order valence-electron chi connectivity index (χ4n) is 2.26. The number of carbonyl (C=O) groups excluding carboxylic acids is 1. The molecule has 1 unspecified atom stereocenters. The van der Waals surface area contributed by atoms with Gasteiger partial charge in [-0.25, -0.2) is 0 Å². The molecule has 2 heterocycles. The summed E-state index contributed by atoms with van der Waals surface area (Å²) in [6.07, 6.45) is 0.691. The van der Waals surface area contributed by atoms with E-state index in [0.29, 0.717) is 36.9 Å². The fourth-order valence-corrected chi connectivity index (χ4v) is 2.26. The van der Waals surface area contributed by atoms with Gasteiger partial charge in [-0.15, -0.1) is 0 Å². The van der Waals surface area contributed by atoms with Crippen LogP contribution in [0.25, 0.3) is 0 Å². The van der Waals surface area contributed by atoms with Crippen LogP contribution in [0.4, 0.5) is 0 Å². The second-order valence-corrected chi connectivity index (χ2v) is 4.80. The normalized spacial score (nSPS) is 27.7. The maximum Gasteiger partial charge on any atom is 0.148 e. The van der Waals surface area contributed by atoms with Crippen LogP contribution in [-0.2, 0) is 9.53 Å². The van der Waals surface area contributed by atoms with Crippen molar-refractivity contribution in [1.82, 2.24) is 10.2 Å². The van der Waals surface area contributed by atoms with Crippen LogP contribution in [0, 0.1) is 0 Å². The third-order valence-corrected chi connectivity index (χ3v) is 3.25. The highest BCUT2D eigenvalue weighted by Gasteiger charge is 2.31. The van der Waals surface area contributed by atoms with Crippen LogP contribution in [0.3, 0.4) is 0 Å². The number of carbonyl (C=O) groups is 1. The predicted octanol–water partition coefficient (Wildman–Crippen LogP) is 0.0266. The average molecular weight is 212 g/mol. The summed E-state index contributed by atoms with van der Waals surface area (Å²) in [7, 11) is 0. The summed E-state index contributed by atoms with van der Waals surface area (Å²) in [6.45, 7) is 7.62. The van der Waals surface area contributed by atoms with Gasteiger partial charge in [-0.3, -0.25) is 9.69 Å². The molecule has 0 aliphatic carbocycles. The van der Waals surface area contributed by atoms with Gasteiger partial charge < -0.3 is 10.1 Å². The fraction of sp³-hybridized carbons (Fsp3) is 0.909. The van der Waals surface area contributed by atoms with Crippen molar-refractivity contribution in [1.29, 1.82) is 0 Å². The number of ether oxygens (including phenoxy) is 1. The number of nitrogens with zero attached hydrogens (tertiary/aromatic N) is 1. The Morgan fingerprint density at radius 1 is 1.53 bits per heavy atom. The Morgan fingerprint density at radius 3 is 2.67 bits per heavy atom. The smallest absolute Gasteiger partial charge is 0.148 e. The molecule has 0 radical (unpaired) electrons. The first-order chi connectivity index (χ1) is 7.16. The monoisotopic (exact) mass is 212 g/mol. The molecule has 0 bridgehead atoms. The van der Waals surface area contributed by atoms with Crippen molar-refractivity contribution < 1.29 is 9.53 Å². The van der Waals surface area contributed by atoms with Gasteiger partial charge in [-0.05, 0) is 13.8 Å². The lowest BCUT2D eigenvalue weighted by Gasteiger charge is -2.41. The molecule has 2 aliphatic heterocycles. The zero-order chi connectivity index (χ0) is 10.8. The first-order valence-electron chi connectivity index (χ1n) is 5.75. The van der Waals surface area contributed by atoms with Crippen molar-refractivity contribution in [2.45, 2.75) is 38.4 Å². The van der Waals surface area contributed by atoms with Gasteiger partial charge in [0.15, 0.2) is 0 Å². The van der Waals surface area contributed by atoms with Crippen molar-refractivity contribution in [3.05, 3.63) is 0 Å². The van der Waals surface area contributed by atoms with E-state index in [9.17, 15) is 4.79 Å². The van der Waals surface area contributed by atoms with Crippen LogP contribution in [0.1, 0.15) is 20.3 Å². The second-order valence-electron chi connectivity index (χ2n) is 4.80. The average Bonchev–Trinajstić information content (AvgIpc) is 2.47. The number of hydrogen-bond acceptors (Lipinski definition) is 4. The van der Waals surface area contributed by atoms with Gasteiger partial charge in [0, 0.05) is 25.0 Å². The third kappa shape index (κ3) is 2.56. The summed E-state index contributed by atoms with van der Waals surface area (Å²) in [6, 6.07) is 1.43. The molecule has 0 aromatic rings. The Kier molecular flexibility index (Phi) is 3.38. The van der Waals surface area contributed by atoms with Crippen LogP contribution in [0.2, 0.25) is 0 Å². The highest BCUT2D eigenvalue weighted by molar-refractivity contribution is 5.83. The van der Waals surface area contributed by atoms with Crippen LogP contribution in [0.15, 0.2) is 0 Å². The zero-order valence-electron chi connectivity index (χ0n) is 9.53. The maximum absolute atomic E-state index is 11.2. The minimum atomic E-state index is 0.341. The standard InChI is InChI=1S/C11H20N2O2/c1-8(2)13(10-6-15-7-10)5-9-3-11(14)4-12-9/h8-10,12H,3-7H2,1-2H3. The molecule has 1 atom stereocenters. The summed E-state index contributed by atoms with van der Waals surface area (Å²) in [4.78, 5) is 13.6. The van der Waals surface area contributed by atoms with Crippen molar-refractivity contribution in [3.63, 3.8) is 0 Å². The molecule has 2 fully saturated rings. The van der Waals surface area contributed by atoms with Crippen LogP contribution in [0.5, 0.6) is 0 Å². The number of Topliss-reactive ketones (excluding diaryl/α,β-unsaturated/α-hetero) is 1. The van der Waals surface area contributed by atoms with Crippen molar-refractivity contribution >= 4 is 5.78 Å². The molecule has 2 aliphatic rings. The summed E-state index contributed by atoms with van der Waals surface area (Å²) in [5.74, 6) is 0.341. The van der Waals surface area contributed by atoms with E-state index < -0.39 is 0 Å². The van der Waals surface area contributed by atoms with Gasteiger partial charge in [0.2, 0.25) is 0 Å². The minimum absolute atomic E-state index is 0.341. The first kappa shape index (κ1) is 11.0. The van der Waals surface area contributed by atoms with Crippen molar-refractivity contribution in [2.75, 3.05) is 26.3 Å². The predicted molar refractivity (Wildman–Crippen MR) is 57.9 cm³/mol. The molecule has 0 spiro atoms. The Hall–Kier alpha value is -0.450. The molecule has 0 aromatic heterocycles. The molecule has 86 valence electrons. The van der Waals surface area contributed by atoms with Crippen molar-refractivity contribution in [3.8, 4) is 0 Å². The molecule has 0 saturated carbocycles. The first-order valence-corrected chi connectivity index (χ1v) is 5.75. The van der Waals surface area contributed by atoms with Gasteiger partial charge in [0.25, 0.3) is 0 Å². The highest BCUT2D eigenvalue weighted by Crippen LogP contribution is 2.16. The molecule has 2 saturated heterocycles. The van der Waals surface area contributed by atoms with Crippen LogP contribution >= 0.6 is 0 Å². The quantitative estimate of drug-likeness (QED) is 0.713. The molecule has 0 aromatic carbocycles. The van der Waals surface area contributed by atoms with E-state index in [1.165, 1.54) is 0 Å². The molecule has 1 N–H and O–H groups in total. The third-order valence-electron chi connectivity index (χ3n) is 3.25. The lowest BCUT2D eigenvalue weighted by atomic mass is 10.1. The van der Waals surface area contributed by atoms with Gasteiger partial charge in [0.1, 0.15) is 5.78 Å². The number of hydrogen-bond donors (Lipinski definition) is 1. The largest absolute Gasteiger partial charge is 0.378 e. The molecule has 0 amide bonds. The SMILES string of the molecule is CC(C)N(CC1CC(=O)CN1)C1COC1. The summed E-state index contributed by atoms with van der Waals surface area (Å²) < 4.78 is 5.22. The van der Waals surface area contributed by atoms with E-state index in [1.54, 1.807) is 0 Å². The number of ketones is 1. The zero-order valence-corrected chi connectivity index (χ0v) is 9.53. The number of rotatable bonds is 4. The van der Waals surface area contributed by atoms with Gasteiger partial charge in [0.05, 0.1) is 25.8 Å². The molecule has 4 heteroatoms. The molecular weight excluding hydrogens is 192 g/mol. The molecule has 15 heavy (non-hydrogen) atoms. The second kappa shape index (κ2) is 4.60. The van der Waals surface area contributed by atoms with E-state index >= 15 is 0 Å². The summed E-state index contributed by atoms with van der Waals surface area (Å²) in [5.41, 5.74) is 0. The lowest BCUT2D eigenvalue weighted by molar-refractivity contribution is -0.116. The Morgan fingerprint density at radius 2 is 2.27 bits per heavy atom. The lowest BCUT2D eigenvalue weighted by Crippen LogP contribution is -2.55. The summed E-state index contributed by atoms with van der Waals surface area (Å²) >= 11 is 0. The van der Waals surface area contributed by atoms with Crippen LogP contribution in [-0.4, -0.2) is 55.1 Å². The summed E-state index contributed by atoms with van der Waals surface area (Å²) in [5, 5.41) is 3.26. The topological polar surface area (TPSA) is 41.6 Å². The van der Waals surface area contributed by atoms with E-state index in [4.69, 9.17) is 4.74 Å². The van der Waals surface area contributed by atoms with E-state index in [0.717, 1.165) is 19.8 Å². The Bertz CT molecular complexity index is 239. The maximum atomic E-state index is 11.2. The Balaban J connectivity index is 1.85. The van der Waals surface area contributed by atoms with E-state index in [-0.39, 0.29) is 0 Å². The van der Waals surface area contributed by atoms with Gasteiger partial charge in [-0.2, -0.15) is 0 Å². The van der Waals surface area contributed by atoms with Crippen LogP contribution < -0.4 is 5.32 Å². The van der Waals surface area contributed by atoms with Gasteiger partial charge >= 0.3 is 0 Å². The molecule has 4 nitrogen and oxygen atoms in total. The van der Waals surface area contributed by atoms with E-state index in [2.05, 4.69) is 24.1 Å².